The predicted octanol–water partition coefficient (Wildman–Crippen LogP) is 0.332. The van der Waals surface area contributed by atoms with Crippen molar-refractivity contribution in [3.8, 4) is 0 Å². The van der Waals surface area contributed by atoms with E-state index in [-0.39, 0.29) is 30.3 Å². The molecule has 1 amide bonds. The Morgan fingerprint density at radius 3 is 2.94 bits per heavy atom. The van der Waals surface area contributed by atoms with Gasteiger partial charge in [0.1, 0.15) is 5.82 Å². The van der Waals surface area contributed by atoms with Gasteiger partial charge < -0.3 is 5.11 Å². The predicted molar refractivity (Wildman–Crippen MR) is 57.7 cm³/mol. The van der Waals surface area contributed by atoms with Gasteiger partial charge in [0.2, 0.25) is 5.91 Å². The number of aromatic nitrogens is 1. The Bertz CT molecular complexity index is 486. The number of carbonyl (C=O) groups is 3. The van der Waals surface area contributed by atoms with Crippen LogP contribution >= 0.6 is 0 Å². The Hall–Kier alpha value is -2.24. The fourth-order valence-corrected chi connectivity index (χ4v) is 1.80. The number of hydrogen-bond acceptors (Lipinski definition) is 4. The smallest absolute Gasteiger partial charge is 0.308 e. The van der Waals surface area contributed by atoms with Crippen LogP contribution in [0.1, 0.15) is 16.8 Å². The molecule has 2 rings (SSSR count). The summed E-state index contributed by atoms with van der Waals surface area (Å²) in [5, 5.41) is 8.85. The molecule has 1 unspecified atom stereocenters. The first kappa shape index (κ1) is 11.3. The minimum Gasteiger partial charge on any atom is -0.481 e. The molecule has 88 valence electrons. The highest BCUT2D eigenvalue weighted by molar-refractivity contribution is 6.01. The van der Waals surface area contributed by atoms with Crippen molar-refractivity contribution in [3.63, 3.8) is 0 Å². The minimum atomic E-state index is -1.01. The second kappa shape index (κ2) is 4.32. The van der Waals surface area contributed by atoms with Gasteiger partial charge in [0.05, 0.1) is 11.5 Å². The molecule has 1 aliphatic rings. The fourth-order valence-electron chi connectivity index (χ4n) is 1.80. The van der Waals surface area contributed by atoms with Crippen molar-refractivity contribution in [2.24, 2.45) is 5.92 Å². The van der Waals surface area contributed by atoms with Gasteiger partial charge in [-0.1, -0.05) is 0 Å². The van der Waals surface area contributed by atoms with Crippen molar-refractivity contribution in [2.75, 3.05) is 11.4 Å². The number of carbonyl (C=O) groups excluding carboxylic acids is 2. The summed E-state index contributed by atoms with van der Waals surface area (Å²) >= 11 is 0. The van der Waals surface area contributed by atoms with Crippen LogP contribution in [0.5, 0.6) is 0 Å². The van der Waals surface area contributed by atoms with Crippen LogP contribution in [0.3, 0.4) is 0 Å². The monoisotopic (exact) mass is 234 g/mol. The van der Waals surface area contributed by atoms with E-state index in [1.807, 2.05) is 0 Å². The second-order valence-electron chi connectivity index (χ2n) is 3.78. The van der Waals surface area contributed by atoms with Crippen LogP contribution in [0.25, 0.3) is 0 Å². The molecule has 1 N–H and O–H groups in total. The zero-order valence-electron chi connectivity index (χ0n) is 8.87. The molecule has 1 aromatic heterocycles. The maximum absolute atomic E-state index is 11.7. The Kier molecular flexibility index (Phi) is 2.86. The lowest BCUT2D eigenvalue weighted by molar-refractivity contribution is -0.141. The third-order valence-electron chi connectivity index (χ3n) is 2.67. The van der Waals surface area contributed by atoms with E-state index in [0.29, 0.717) is 6.29 Å². The van der Waals surface area contributed by atoms with Crippen molar-refractivity contribution >= 4 is 24.0 Å². The maximum atomic E-state index is 11.7. The van der Waals surface area contributed by atoms with Crippen LogP contribution < -0.4 is 4.90 Å². The van der Waals surface area contributed by atoms with Gasteiger partial charge in [0.15, 0.2) is 6.29 Å². The van der Waals surface area contributed by atoms with Gasteiger partial charge in [-0.05, 0) is 12.1 Å². The molecule has 0 aliphatic carbocycles. The molecule has 1 atom stereocenters. The van der Waals surface area contributed by atoms with Crippen LogP contribution in [0.2, 0.25) is 0 Å². The van der Waals surface area contributed by atoms with Crippen LogP contribution in [0.15, 0.2) is 18.3 Å². The lowest BCUT2D eigenvalue weighted by atomic mass is 10.1. The molecule has 17 heavy (non-hydrogen) atoms. The average Bonchev–Trinajstić information content (AvgIpc) is 2.71. The number of rotatable bonds is 3. The number of anilines is 1. The number of pyridine rings is 1. The normalized spacial score (nSPS) is 19.4. The SMILES string of the molecule is O=Cc1cccnc1N1CC(C(=O)O)CC1=O. The largest absolute Gasteiger partial charge is 0.481 e. The van der Waals surface area contributed by atoms with Crippen LogP contribution in [0, 0.1) is 5.92 Å². The molecular formula is C11H10N2O4. The standard InChI is InChI=1S/C11H10N2O4/c14-6-7-2-1-3-12-10(7)13-5-8(11(16)17)4-9(13)15/h1-3,6,8H,4-5H2,(H,16,17). The molecule has 6 nitrogen and oxygen atoms in total. The molecule has 1 aromatic rings. The molecule has 0 saturated carbocycles. The zero-order valence-corrected chi connectivity index (χ0v) is 8.87. The van der Waals surface area contributed by atoms with Crippen molar-refractivity contribution in [1.29, 1.82) is 0 Å². The molecular weight excluding hydrogens is 224 g/mol. The van der Waals surface area contributed by atoms with Crippen LogP contribution in [0.4, 0.5) is 5.82 Å². The average molecular weight is 234 g/mol. The van der Waals surface area contributed by atoms with Crippen molar-refractivity contribution < 1.29 is 19.5 Å². The summed E-state index contributed by atoms with van der Waals surface area (Å²) in [6, 6.07) is 3.12. The van der Waals surface area contributed by atoms with E-state index in [2.05, 4.69) is 4.98 Å². The summed E-state index contributed by atoms with van der Waals surface area (Å²) in [4.78, 5) is 38.5. The van der Waals surface area contributed by atoms with E-state index in [1.165, 1.54) is 17.2 Å². The van der Waals surface area contributed by atoms with Gasteiger partial charge >= 0.3 is 5.97 Å². The van der Waals surface area contributed by atoms with E-state index in [9.17, 15) is 14.4 Å². The lowest BCUT2D eigenvalue weighted by Crippen LogP contribution is -2.27. The quantitative estimate of drug-likeness (QED) is 0.761. The summed E-state index contributed by atoms with van der Waals surface area (Å²) in [5.74, 6) is -1.83. The highest BCUT2D eigenvalue weighted by atomic mass is 16.4. The fraction of sp³-hybridized carbons (Fsp3) is 0.273. The third-order valence-corrected chi connectivity index (χ3v) is 2.67. The van der Waals surface area contributed by atoms with Gasteiger partial charge in [0, 0.05) is 19.2 Å². The Morgan fingerprint density at radius 1 is 1.59 bits per heavy atom. The Balaban J connectivity index is 2.32. The molecule has 1 aliphatic heterocycles. The topological polar surface area (TPSA) is 87.6 Å². The number of hydrogen-bond donors (Lipinski definition) is 1. The van der Waals surface area contributed by atoms with E-state index in [4.69, 9.17) is 5.11 Å². The molecule has 6 heteroatoms. The van der Waals surface area contributed by atoms with Gasteiger partial charge in [-0.25, -0.2) is 4.98 Å². The van der Waals surface area contributed by atoms with Crippen molar-refractivity contribution in [1.82, 2.24) is 4.98 Å². The minimum absolute atomic E-state index is 0.0514. The van der Waals surface area contributed by atoms with E-state index in [1.54, 1.807) is 6.07 Å². The number of nitrogens with zero attached hydrogens (tertiary/aromatic N) is 2. The number of amides is 1. The first-order chi connectivity index (χ1) is 8.13. The summed E-state index contributed by atoms with van der Waals surface area (Å²) in [5.41, 5.74) is 0.284. The second-order valence-corrected chi connectivity index (χ2v) is 3.78. The first-order valence-electron chi connectivity index (χ1n) is 5.07. The third kappa shape index (κ3) is 2.01. The van der Waals surface area contributed by atoms with E-state index >= 15 is 0 Å². The highest BCUT2D eigenvalue weighted by Crippen LogP contribution is 2.25. The van der Waals surface area contributed by atoms with E-state index < -0.39 is 11.9 Å². The number of aliphatic carboxylic acids is 1. The summed E-state index contributed by atoms with van der Waals surface area (Å²) in [6.07, 6.45) is 2.01. The number of carboxylic acid groups (broad SMARTS) is 1. The number of carboxylic acids is 1. The van der Waals surface area contributed by atoms with Crippen molar-refractivity contribution in [3.05, 3.63) is 23.9 Å². The van der Waals surface area contributed by atoms with Crippen LogP contribution in [-0.2, 0) is 9.59 Å². The summed E-state index contributed by atoms with van der Waals surface area (Å²) < 4.78 is 0. The first-order valence-corrected chi connectivity index (χ1v) is 5.07. The Labute approximate surface area is 96.9 Å². The van der Waals surface area contributed by atoms with E-state index in [0.717, 1.165) is 0 Å². The van der Waals surface area contributed by atoms with Gasteiger partial charge in [0.25, 0.3) is 0 Å². The highest BCUT2D eigenvalue weighted by Gasteiger charge is 2.36. The number of aldehydes is 1. The maximum Gasteiger partial charge on any atom is 0.308 e. The molecule has 1 saturated heterocycles. The lowest BCUT2D eigenvalue weighted by Gasteiger charge is -2.16. The molecule has 0 aromatic carbocycles. The molecule has 0 spiro atoms. The molecule has 0 bridgehead atoms. The van der Waals surface area contributed by atoms with Gasteiger partial charge in [-0.2, -0.15) is 0 Å². The summed E-state index contributed by atoms with van der Waals surface area (Å²) in [7, 11) is 0. The summed E-state index contributed by atoms with van der Waals surface area (Å²) in [6.45, 7) is 0.0615. The van der Waals surface area contributed by atoms with Crippen LogP contribution in [-0.4, -0.2) is 34.8 Å². The van der Waals surface area contributed by atoms with Gasteiger partial charge in [-0.15, -0.1) is 0 Å². The molecule has 0 radical (unpaired) electrons. The zero-order chi connectivity index (χ0) is 12.4. The Morgan fingerprint density at radius 2 is 2.35 bits per heavy atom. The molecule has 1 fully saturated rings. The van der Waals surface area contributed by atoms with Crippen molar-refractivity contribution in [2.45, 2.75) is 6.42 Å². The van der Waals surface area contributed by atoms with Gasteiger partial charge in [-0.3, -0.25) is 19.3 Å². The molecule has 2 heterocycles.